The lowest BCUT2D eigenvalue weighted by Crippen LogP contribution is -2.51. The zero-order valence-corrected chi connectivity index (χ0v) is 8.06. The largest absolute Gasteiger partial charge is 0.316 e. The molecule has 14 heavy (non-hydrogen) atoms. The molecule has 0 bridgehead atoms. The monoisotopic (exact) mass is 197 g/mol. The summed E-state index contributed by atoms with van der Waals surface area (Å²) in [5.41, 5.74) is -0.989. The van der Waals surface area contributed by atoms with Crippen molar-refractivity contribution in [1.29, 1.82) is 0 Å². The summed E-state index contributed by atoms with van der Waals surface area (Å²) in [4.78, 5) is 0. The summed E-state index contributed by atoms with van der Waals surface area (Å²) in [6.45, 7) is 2.86. The van der Waals surface area contributed by atoms with Gasteiger partial charge in [0, 0.05) is 19.0 Å². The number of rotatable bonds is 2. The van der Waals surface area contributed by atoms with Gasteiger partial charge in [0.05, 0.1) is 0 Å². The number of hydrogen-bond donors (Lipinski definition) is 1. The summed E-state index contributed by atoms with van der Waals surface area (Å²) in [6, 6.07) is 5.80. The topological polar surface area (TPSA) is 12.0 Å². The Morgan fingerprint density at radius 1 is 1.43 bits per heavy atom. The molecule has 1 N–H and O–H groups in total. The maximum Gasteiger partial charge on any atom is 0.138 e. The van der Waals surface area contributed by atoms with Gasteiger partial charge in [-0.1, -0.05) is 12.1 Å². The minimum atomic E-state index is -1.42. The van der Waals surface area contributed by atoms with Crippen LogP contribution in [0, 0.1) is 11.7 Å². The third kappa shape index (κ3) is 1.52. The van der Waals surface area contributed by atoms with Crippen LogP contribution in [-0.2, 0) is 5.67 Å². The average Bonchev–Trinajstić information content (AvgIpc) is 2.00. The quantitative estimate of drug-likeness (QED) is 0.766. The van der Waals surface area contributed by atoms with E-state index in [0.29, 0.717) is 18.7 Å². The fraction of sp³-hybridized carbons (Fsp3) is 0.455. The van der Waals surface area contributed by atoms with E-state index in [2.05, 4.69) is 5.32 Å². The van der Waals surface area contributed by atoms with Crippen LogP contribution in [0.5, 0.6) is 0 Å². The third-order valence-corrected chi connectivity index (χ3v) is 2.94. The normalized spacial score (nSPS) is 21.4. The SMILES string of the molecule is CC(F)(c1cccc(F)c1)C1CNC1. The second kappa shape index (κ2) is 3.31. The van der Waals surface area contributed by atoms with E-state index in [-0.39, 0.29) is 11.7 Å². The molecule has 1 aliphatic rings. The van der Waals surface area contributed by atoms with Crippen molar-refractivity contribution < 1.29 is 8.78 Å². The molecule has 1 aliphatic heterocycles. The first kappa shape index (κ1) is 9.59. The zero-order chi connectivity index (χ0) is 10.2. The van der Waals surface area contributed by atoms with Crippen molar-refractivity contribution in [2.24, 2.45) is 5.92 Å². The second-order valence-corrected chi connectivity index (χ2v) is 3.94. The number of benzene rings is 1. The first-order valence-electron chi connectivity index (χ1n) is 4.76. The lowest BCUT2D eigenvalue weighted by molar-refractivity contribution is 0.0628. The second-order valence-electron chi connectivity index (χ2n) is 3.94. The maximum atomic E-state index is 14.2. The third-order valence-electron chi connectivity index (χ3n) is 2.94. The Labute approximate surface area is 82.1 Å². The molecule has 1 aromatic carbocycles. The molecule has 1 heterocycles. The highest BCUT2D eigenvalue weighted by Crippen LogP contribution is 2.35. The van der Waals surface area contributed by atoms with Crippen molar-refractivity contribution in [3.8, 4) is 0 Å². The lowest BCUT2D eigenvalue weighted by Gasteiger charge is -2.37. The van der Waals surface area contributed by atoms with Gasteiger partial charge in [0.1, 0.15) is 11.5 Å². The van der Waals surface area contributed by atoms with Crippen LogP contribution in [-0.4, -0.2) is 13.1 Å². The van der Waals surface area contributed by atoms with Crippen molar-refractivity contribution in [2.45, 2.75) is 12.6 Å². The number of alkyl halides is 1. The Bertz CT molecular complexity index is 332. The number of halogens is 2. The molecule has 1 saturated heterocycles. The van der Waals surface area contributed by atoms with E-state index in [1.165, 1.54) is 19.1 Å². The van der Waals surface area contributed by atoms with E-state index in [1.807, 2.05) is 0 Å². The van der Waals surface area contributed by atoms with Crippen molar-refractivity contribution in [3.63, 3.8) is 0 Å². The Morgan fingerprint density at radius 3 is 2.64 bits per heavy atom. The van der Waals surface area contributed by atoms with Crippen LogP contribution in [0.25, 0.3) is 0 Å². The minimum Gasteiger partial charge on any atom is -0.316 e. The van der Waals surface area contributed by atoms with Gasteiger partial charge in [-0.2, -0.15) is 0 Å². The molecule has 1 unspecified atom stereocenters. The van der Waals surface area contributed by atoms with Gasteiger partial charge in [0.2, 0.25) is 0 Å². The molecule has 1 atom stereocenters. The fourth-order valence-electron chi connectivity index (χ4n) is 1.70. The molecule has 1 nitrogen and oxygen atoms in total. The Morgan fingerprint density at radius 2 is 2.14 bits per heavy atom. The lowest BCUT2D eigenvalue weighted by atomic mass is 9.81. The number of hydrogen-bond acceptors (Lipinski definition) is 1. The molecule has 2 rings (SSSR count). The van der Waals surface area contributed by atoms with E-state index in [9.17, 15) is 8.78 Å². The van der Waals surface area contributed by atoms with Crippen molar-refractivity contribution in [1.82, 2.24) is 5.32 Å². The summed E-state index contributed by atoms with van der Waals surface area (Å²) in [5.74, 6) is -0.414. The van der Waals surface area contributed by atoms with Gasteiger partial charge >= 0.3 is 0 Å². The molecule has 0 saturated carbocycles. The molecule has 0 spiro atoms. The average molecular weight is 197 g/mol. The molecule has 76 valence electrons. The van der Waals surface area contributed by atoms with Gasteiger partial charge in [-0.25, -0.2) is 8.78 Å². The van der Waals surface area contributed by atoms with Gasteiger partial charge < -0.3 is 5.32 Å². The Balaban J connectivity index is 2.28. The number of nitrogens with one attached hydrogen (secondary N) is 1. The van der Waals surface area contributed by atoms with E-state index < -0.39 is 5.67 Å². The molecular formula is C11H13F2N. The molecule has 1 fully saturated rings. The highest BCUT2D eigenvalue weighted by molar-refractivity contribution is 5.24. The van der Waals surface area contributed by atoms with Crippen LogP contribution in [0.4, 0.5) is 8.78 Å². The Hall–Kier alpha value is -0.960. The minimum absolute atomic E-state index is 0.0377. The molecule has 0 aliphatic carbocycles. The summed E-state index contributed by atoms with van der Waals surface area (Å²) in [5, 5.41) is 3.02. The van der Waals surface area contributed by atoms with Crippen LogP contribution in [0.2, 0.25) is 0 Å². The van der Waals surface area contributed by atoms with E-state index in [1.54, 1.807) is 12.1 Å². The predicted molar refractivity (Wildman–Crippen MR) is 51.2 cm³/mol. The van der Waals surface area contributed by atoms with Crippen molar-refractivity contribution in [3.05, 3.63) is 35.6 Å². The summed E-state index contributed by atoms with van der Waals surface area (Å²) in [6.07, 6.45) is 0. The first-order valence-corrected chi connectivity index (χ1v) is 4.76. The highest BCUT2D eigenvalue weighted by Gasteiger charge is 2.39. The van der Waals surface area contributed by atoms with Crippen molar-refractivity contribution >= 4 is 0 Å². The highest BCUT2D eigenvalue weighted by atomic mass is 19.1. The molecule has 0 radical (unpaired) electrons. The fourth-order valence-corrected chi connectivity index (χ4v) is 1.70. The van der Waals surface area contributed by atoms with Crippen LogP contribution in [0.3, 0.4) is 0 Å². The Kier molecular flexibility index (Phi) is 2.27. The van der Waals surface area contributed by atoms with E-state index in [0.717, 1.165) is 0 Å². The predicted octanol–water partition coefficient (Wildman–Crippen LogP) is 2.23. The van der Waals surface area contributed by atoms with Crippen LogP contribution >= 0.6 is 0 Å². The van der Waals surface area contributed by atoms with Gasteiger partial charge in [-0.15, -0.1) is 0 Å². The van der Waals surface area contributed by atoms with Crippen LogP contribution < -0.4 is 5.32 Å². The van der Waals surface area contributed by atoms with Gasteiger partial charge in [-0.3, -0.25) is 0 Å². The van der Waals surface area contributed by atoms with E-state index >= 15 is 0 Å². The maximum absolute atomic E-state index is 14.2. The van der Waals surface area contributed by atoms with Gasteiger partial charge in [0.25, 0.3) is 0 Å². The van der Waals surface area contributed by atoms with Crippen LogP contribution in [0.15, 0.2) is 24.3 Å². The molecule has 1 aromatic rings. The standard InChI is InChI=1S/C11H13F2N/c1-11(13,9-6-14-7-9)8-3-2-4-10(12)5-8/h2-5,9,14H,6-7H2,1H3. The first-order chi connectivity index (χ1) is 6.60. The zero-order valence-electron chi connectivity index (χ0n) is 8.06. The van der Waals surface area contributed by atoms with Gasteiger partial charge in [-0.05, 0) is 24.6 Å². The summed E-state index contributed by atoms with van der Waals surface area (Å²) < 4.78 is 27.1. The smallest absolute Gasteiger partial charge is 0.138 e. The molecular weight excluding hydrogens is 184 g/mol. The van der Waals surface area contributed by atoms with Gasteiger partial charge in [0.15, 0.2) is 0 Å². The molecule has 0 amide bonds. The summed E-state index contributed by atoms with van der Waals surface area (Å²) >= 11 is 0. The van der Waals surface area contributed by atoms with Crippen molar-refractivity contribution in [2.75, 3.05) is 13.1 Å². The summed E-state index contributed by atoms with van der Waals surface area (Å²) in [7, 11) is 0. The molecule has 0 aromatic heterocycles. The molecule has 3 heteroatoms. The van der Waals surface area contributed by atoms with E-state index in [4.69, 9.17) is 0 Å². The van der Waals surface area contributed by atoms with Crippen LogP contribution in [0.1, 0.15) is 12.5 Å².